The maximum Gasteiger partial charge on any atom is 0.0846 e. The van der Waals surface area contributed by atoms with E-state index in [0.29, 0.717) is 6.04 Å². The van der Waals surface area contributed by atoms with Crippen molar-refractivity contribution in [3.8, 4) is 0 Å². The Hall–Kier alpha value is -1.90. The summed E-state index contributed by atoms with van der Waals surface area (Å²) in [5, 5.41) is 6.73. The van der Waals surface area contributed by atoms with E-state index in [0.717, 1.165) is 24.4 Å². The Kier molecular flexibility index (Phi) is 5.99. The summed E-state index contributed by atoms with van der Waals surface area (Å²) in [6, 6.07) is 9.56. The van der Waals surface area contributed by atoms with Crippen LogP contribution in [0.1, 0.15) is 56.6 Å². The van der Waals surface area contributed by atoms with E-state index in [1.807, 2.05) is 0 Å². The van der Waals surface area contributed by atoms with Crippen molar-refractivity contribution in [2.45, 2.75) is 64.8 Å². The number of hydrogen-bond donors (Lipinski definition) is 2. The van der Waals surface area contributed by atoms with Crippen molar-refractivity contribution >= 4 is 0 Å². The van der Waals surface area contributed by atoms with Crippen molar-refractivity contribution in [3.63, 3.8) is 0 Å². The van der Waals surface area contributed by atoms with Gasteiger partial charge in [-0.15, -0.1) is 0 Å². The molecule has 152 valence electrons. The third-order valence-corrected chi connectivity index (χ3v) is 7.27. The number of rotatable bonds is 7. The normalized spacial score (nSPS) is 29.3. The van der Waals surface area contributed by atoms with Crippen molar-refractivity contribution in [2.75, 3.05) is 13.2 Å². The lowest BCUT2D eigenvalue weighted by Gasteiger charge is -2.45. The predicted molar refractivity (Wildman–Crippen MR) is 118 cm³/mol. The van der Waals surface area contributed by atoms with E-state index >= 15 is 0 Å². The van der Waals surface area contributed by atoms with Crippen LogP contribution in [0.4, 0.5) is 0 Å². The molecule has 4 rings (SSSR count). The molecule has 2 saturated carbocycles. The molecule has 3 heteroatoms. The van der Waals surface area contributed by atoms with E-state index in [9.17, 15) is 0 Å². The van der Waals surface area contributed by atoms with Gasteiger partial charge in [-0.1, -0.05) is 37.8 Å². The smallest absolute Gasteiger partial charge is 0.0846 e. The van der Waals surface area contributed by atoms with Crippen molar-refractivity contribution in [1.82, 2.24) is 15.5 Å². The maximum atomic E-state index is 4.50. The maximum absolute atomic E-state index is 4.50. The summed E-state index contributed by atoms with van der Waals surface area (Å²) < 4.78 is 0. The highest BCUT2D eigenvalue weighted by Gasteiger charge is 2.34. The van der Waals surface area contributed by atoms with Crippen molar-refractivity contribution in [2.24, 2.45) is 17.8 Å². The molecule has 0 aromatic heterocycles. The van der Waals surface area contributed by atoms with Gasteiger partial charge in [-0.3, -0.25) is 0 Å². The average molecular weight is 380 g/mol. The number of nitrogens with one attached hydrogen (secondary N) is 2. The topological polar surface area (TPSA) is 27.3 Å². The fourth-order valence-electron chi connectivity index (χ4n) is 5.34. The standard InChI is InChI=1S/C25H37N3/c1-18-8-10-24(11-9-18)28(20(3)25-15-26-17-27-25)16-22-12-21(13-22)14-23-7-5-4-6-19(23)2/h4-7,15,18,21-22,24,26-27H,3,8-14,16-17H2,1-2H3. The van der Waals surface area contributed by atoms with Gasteiger partial charge < -0.3 is 15.5 Å². The second-order valence-electron chi connectivity index (χ2n) is 9.46. The molecule has 0 saturated heterocycles. The van der Waals surface area contributed by atoms with Crippen LogP contribution in [0.5, 0.6) is 0 Å². The zero-order chi connectivity index (χ0) is 19.5. The average Bonchev–Trinajstić information content (AvgIpc) is 3.20. The largest absolute Gasteiger partial charge is 0.372 e. The first-order valence-electron chi connectivity index (χ1n) is 11.3. The zero-order valence-electron chi connectivity index (χ0n) is 17.7. The van der Waals surface area contributed by atoms with Gasteiger partial charge in [-0.2, -0.15) is 0 Å². The van der Waals surface area contributed by atoms with Crippen LogP contribution < -0.4 is 10.6 Å². The molecule has 3 nitrogen and oxygen atoms in total. The molecule has 0 bridgehead atoms. The molecular formula is C25H37N3. The third kappa shape index (κ3) is 4.39. The van der Waals surface area contributed by atoms with Gasteiger partial charge >= 0.3 is 0 Å². The van der Waals surface area contributed by atoms with E-state index in [1.165, 1.54) is 68.4 Å². The van der Waals surface area contributed by atoms with E-state index in [2.05, 4.69) is 66.4 Å². The molecule has 0 spiro atoms. The molecular weight excluding hydrogens is 342 g/mol. The molecule has 2 aliphatic carbocycles. The highest BCUT2D eigenvalue weighted by atomic mass is 15.2. The molecule has 2 fully saturated rings. The van der Waals surface area contributed by atoms with Crippen LogP contribution >= 0.6 is 0 Å². The SMILES string of the molecule is C=C(C1=CNCN1)N(CC1CC(Cc2ccccc2C)C1)C1CCC(C)CC1. The molecule has 0 atom stereocenters. The lowest BCUT2D eigenvalue weighted by molar-refractivity contribution is 0.100. The van der Waals surface area contributed by atoms with Gasteiger partial charge in [0.1, 0.15) is 0 Å². The first-order valence-corrected chi connectivity index (χ1v) is 11.3. The molecule has 0 radical (unpaired) electrons. The van der Waals surface area contributed by atoms with Crippen LogP contribution in [0, 0.1) is 24.7 Å². The third-order valence-electron chi connectivity index (χ3n) is 7.27. The van der Waals surface area contributed by atoms with E-state index in [4.69, 9.17) is 0 Å². The number of benzene rings is 1. The van der Waals surface area contributed by atoms with Crippen LogP contribution in [0.2, 0.25) is 0 Å². The van der Waals surface area contributed by atoms with Crippen molar-refractivity contribution < 1.29 is 0 Å². The van der Waals surface area contributed by atoms with E-state index < -0.39 is 0 Å². The monoisotopic (exact) mass is 379 g/mol. The molecule has 1 heterocycles. The van der Waals surface area contributed by atoms with Crippen molar-refractivity contribution in [1.29, 1.82) is 0 Å². The van der Waals surface area contributed by atoms with Gasteiger partial charge in [-0.05, 0) is 80.8 Å². The van der Waals surface area contributed by atoms with Crippen LogP contribution in [0.25, 0.3) is 0 Å². The van der Waals surface area contributed by atoms with Gasteiger partial charge in [0.15, 0.2) is 0 Å². The summed E-state index contributed by atoms with van der Waals surface area (Å²) >= 11 is 0. The van der Waals surface area contributed by atoms with Crippen LogP contribution in [-0.2, 0) is 6.42 Å². The minimum absolute atomic E-state index is 0.669. The predicted octanol–water partition coefficient (Wildman–Crippen LogP) is 4.95. The lowest BCUT2D eigenvalue weighted by atomic mass is 9.71. The summed E-state index contributed by atoms with van der Waals surface area (Å²) in [7, 11) is 0. The van der Waals surface area contributed by atoms with Gasteiger partial charge in [0.05, 0.1) is 18.1 Å². The zero-order valence-corrected chi connectivity index (χ0v) is 17.7. The second-order valence-corrected chi connectivity index (χ2v) is 9.46. The molecule has 0 unspecified atom stereocenters. The van der Waals surface area contributed by atoms with Gasteiger partial charge in [0, 0.05) is 18.8 Å². The van der Waals surface area contributed by atoms with Crippen molar-refractivity contribution in [3.05, 3.63) is 59.6 Å². The fraction of sp³-hybridized carbons (Fsp3) is 0.600. The summed E-state index contributed by atoms with van der Waals surface area (Å²) in [6.07, 6.45) is 11.4. The first kappa shape index (κ1) is 19.4. The highest BCUT2D eigenvalue weighted by Crippen LogP contribution is 2.39. The molecule has 1 aliphatic heterocycles. The number of hydrogen-bond acceptors (Lipinski definition) is 3. The second kappa shape index (κ2) is 8.63. The summed E-state index contributed by atoms with van der Waals surface area (Å²) in [5.41, 5.74) is 5.38. The number of aryl methyl sites for hydroxylation is 1. The molecule has 1 aromatic carbocycles. The summed E-state index contributed by atoms with van der Waals surface area (Å²) in [6.45, 7) is 11.2. The Balaban J connectivity index is 1.35. The highest BCUT2D eigenvalue weighted by molar-refractivity contribution is 5.29. The van der Waals surface area contributed by atoms with Crippen LogP contribution in [0.3, 0.4) is 0 Å². The van der Waals surface area contributed by atoms with Gasteiger partial charge in [-0.25, -0.2) is 0 Å². The van der Waals surface area contributed by atoms with Crippen LogP contribution in [0.15, 0.2) is 48.4 Å². The Labute approximate surface area is 171 Å². The molecule has 3 aliphatic rings. The first-order chi connectivity index (χ1) is 13.6. The van der Waals surface area contributed by atoms with E-state index in [-0.39, 0.29) is 0 Å². The van der Waals surface area contributed by atoms with Gasteiger partial charge in [0.25, 0.3) is 0 Å². The Bertz CT molecular complexity index is 708. The summed E-state index contributed by atoms with van der Waals surface area (Å²) in [5.74, 6) is 2.57. The lowest BCUT2D eigenvalue weighted by Crippen LogP contribution is -2.44. The minimum atomic E-state index is 0.669. The molecule has 28 heavy (non-hydrogen) atoms. The Morgan fingerprint density at radius 1 is 1.11 bits per heavy atom. The molecule has 1 aromatic rings. The fourth-order valence-corrected chi connectivity index (χ4v) is 5.34. The summed E-state index contributed by atoms with van der Waals surface area (Å²) in [4.78, 5) is 2.66. The van der Waals surface area contributed by atoms with E-state index in [1.54, 1.807) is 5.56 Å². The van der Waals surface area contributed by atoms with Gasteiger partial charge in [0.2, 0.25) is 0 Å². The number of nitrogens with zero attached hydrogens (tertiary/aromatic N) is 1. The minimum Gasteiger partial charge on any atom is -0.372 e. The van der Waals surface area contributed by atoms with Crippen LogP contribution in [-0.4, -0.2) is 24.2 Å². The quantitative estimate of drug-likeness (QED) is 0.702. The Morgan fingerprint density at radius 2 is 1.86 bits per heavy atom. The molecule has 2 N–H and O–H groups in total. The Morgan fingerprint density at radius 3 is 2.54 bits per heavy atom. The molecule has 0 amide bonds.